The molecule has 0 unspecified atom stereocenters. The van der Waals surface area contributed by atoms with Gasteiger partial charge in [-0.2, -0.15) is 0 Å². The number of hydrogen-bond donors (Lipinski definition) is 3. The number of anilines is 2. The maximum atomic E-state index is 11.5. The predicted molar refractivity (Wildman–Crippen MR) is 86.6 cm³/mol. The van der Waals surface area contributed by atoms with E-state index in [1.807, 2.05) is 0 Å². The van der Waals surface area contributed by atoms with Crippen LogP contribution in [-0.4, -0.2) is 28.3 Å². The summed E-state index contributed by atoms with van der Waals surface area (Å²) in [6.45, 7) is 0. The van der Waals surface area contributed by atoms with Crippen molar-refractivity contribution in [3.8, 4) is 11.5 Å². The lowest BCUT2D eigenvalue weighted by molar-refractivity contribution is 0.0697. The second-order valence-electron chi connectivity index (χ2n) is 4.91. The van der Waals surface area contributed by atoms with Gasteiger partial charge in [-0.25, -0.2) is 4.79 Å². The minimum absolute atomic E-state index is 0.0545. The van der Waals surface area contributed by atoms with Crippen molar-refractivity contribution in [3.05, 3.63) is 54.2 Å². The number of nitrogens with zero attached hydrogens (tertiary/aromatic N) is 1. The Bertz CT molecular complexity index is 876. The molecule has 0 aliphatic rings. The number of phenolic OH excluding ortho intramolecular Hbond substituents is 1. The minimum Gasteiger partial charge on any atom is -0.508 e. The van der Waals surface area contributed by atoms with E-state index in [9.17, 15) is 15.0 Å². The largest absolute Gasteiger partial charge is 0.508 e. The lowest BCUT2D eigenvalue weighted by Crippen LogP contribution is -2.04. The molecule has 3 N–H and O–H groups in total. The van der Waals surface area contributed by atoms with Crippen LogP contribution in [0.15, 0.2) is 48.7 Å². The molecule has 3 aromatic rings. The first-order valence-corrected chi connectivity index (χ1v) is 6.84. The summed E-state index contributed by atoms with van der Waals surface area (Å²) in [7, 11) is 1.54. The van der Waals surface area contributed by atoms with Crippen molar-refractivity contribution in [3.63, 3.8) is 0 Å². The summed E-state index contributed by atoms with van der Waals surface area (Å²) in [5.74, 6) is -0.339. The van der Waals surface area contributed by atoms with E-state index in [0.717, 1.165) is 0 Å². The standard InChI is InChI=1S/C17H14N2O4/c1-23-12-6-7-15-13(8-12)16(14(9-18-15)17(21)22)19-10-2-4-11(20)5-3-10/h2-9,20H,1H3,(H,18,19)(H,21,22). The number of aromatic hydroxyl groups is 1. The number of phenols is 1. The molecule has 0 spiro atoms. The summed E-state index contributed by atoms with van der Waals surface area (Å²) in [6.07, 6.45) is 1.32. The highest BCUT2D eigenvalue weighted by Gasteiger charge is 2.15. The Labute approximate surface area is 132 Å². The molecule has 23 heavy (non-hydrogen) atoms. The lowest BCUT2D eigenvalue weighted by atomic mass is 10.1. The van der Waals surface area contributed by atoms with Crippen LogP contribution in [0.4, 0.5) is 11.4 Å². The number of aromatic nitrogens is 1. The normalized spacial score (nSPS) is 10.5. The lowest BCUT2D eigenvalue weighted by Gasteiger charge is -2.13. The molecule has 2 aromatic carbocycles. The molecule has 0 saturated carbocycles. The second-order valence-corrected chi connectivity index (χ2v) is 4.91. The molecular formula is C17H14N2O4. The van der Waals surface area contributed by atoms with Gasteiger partial charge in [-0.15, -0.1) is 0 Å². The van der Waals surface area contributed by atoms with Crippen molar-refractivity contribution in [1.29, 1.82) is 0 Å². The number of methoxy groups -OCH3 is 1. The minimum atomic E-state index is -1.08. The first-order chi connectivity index (χ1) is 11.1. The summed E-state index contributed by atoms with van der Waals surface area (Å²) < 4.78 is 5.21. The van der Waals surface area contributed by atoms with Gasteiger partial charge in [0.15, 0.2) is 0 Å². The molecule has 0 saturated heterocycles. The number of rotatable bonds is 4. The summed E-state index contributed by atoms with van der Waals surface area (Å²) in [5.41, 5.74) is 1.78. The molecule has 0 bridgehead atoms. The van der Waals surface area contributed by atoms with Crippen molar-refractivity contribution < 1.29 is 19.7 Å². The Kier molecular flexibility index (Phi) is 3.72. The van der Waals surface area contributed by atoms with Crippen LogP contribution in [0.1, 0.15) is 10.4 Å². The average molecular weight is 310 g/mol. The van der Waals surface area contributed by atoms with Gasteiger partial charge in [0, 0.05) is 17.3 Å². The van der Waals surface area contributed by atoms with Gasteiger partial charge in [-0.1, -0.05) is 0 Å². The van der Waals surface area contributed by atoms with Crippen LogP contribution in [-0.2, 0) is 0 Å². The maximum absolute atomic E-state index is 11.5. The number of carbonyl (C=O) groups is 1. The number of carboxylic acids is 1. The number of nitrogens with one attached hydrogen (secondary N) is 1. The van der Waals surface area contributed by atoms with Gasteiger partial charge in [-0.3, -0.25) is 4.98 Å². The van der Waals surface area contributed by atoms with Crippen molar-refractivity contribution in [2.75, 3.05) is 12.4 Å². The van der Waals surface area contributed by atoms with E-state index >= 15 is 0 Å². The van der Waals surface area contributed by atoms with E-state index in [2.05, 4.69) is 10.3 Å². The highest BCUT2D eigenvalue weighted by molar-refractivity contribution is 6.05. The Morgan fingerprint density at radius 1 is 1.17 bits per heavy atom. The molecular weight excluding hydrogens is 296 g/mol. The fourth-order valence-corrected chi connectivity index (χ4v) is 2.28. The number of pyridine rings is 1. The third kappa shape index (κ3) is 2.87. The first kappa shape index (κ1) is 14.6. The third-order valence-corrected chi connectivity index (χ3v) is 3.44. The molecule has 0 aliphatic carbocycles. The Morgan fingerprint density at radius 3 is 2.57 bits per heavy atom. The molecule has 1 heterocycles. The first-order valence-electron chi connectivity index (χ1n) is 6.84. The van der Waals surface area contributed by atoms with Gasteiger partial charge >= 0.3 is 5.97 Å². The van der Waals surface area contributed by atoms with Crippen LogP contribution in [0.25, 0.3) is 10.9 Å². The molecule has 6 heteroatoms. The summed E-state index contributed by atoms with van der Waals surface area (Å²) in [5, 5.41) is 22.5. The van der Waals surface area contributed by atoms with E-state index in [1.165, 1.54) is 18.3 Å². The Balaban J connectivity index is 2.19. The number of aromatic carboxylic acids is 1. The number of benzene rings is 2. The maximum Gasteiger partial charge on any atom is 0.339 e. The fraction of sp³-hybridized carbons (Fsp3) is 0.0588. The zero-order chi connectivity index (χ0) is 16.4. The molecule has 116 valence electrons. The van der Waals surface area contributed by atoms with E-state index < -0.39 is 5.97 Å². The summed E-state index contributed by atoms with van der Waals surface area (Å²) in [6, 6.07) is 11.6. The molecule has 6 nitrogen and oxygen atoms in total. The van der Waals surface area contributed by atoms with Crippen LogP contribution in [0.3, 0.4) is 0 Å². The Hall–Kier alpha value is -3.28. The van der Waals surface area contributed by atoms with Crippen LogP contribution in [0.2, 0.25) is 0 Å². The highest BCUT2D eigenvalue weighted by Crippen LogP contribution is 2.32. The SMILES string of the molecule is COc1ccc2ncc(C(=O)O)c(Nc3ccc(O)cc3)c2c1. The van der Waals surface area contributed by atoms with Crippen LogP contribution >= 0.6 is 0 Å². The van der Waals surface area contributed by atoms with Gasteiger partial charge < -0.3 is 20.3 Å². The van der Waals surface area contributed by atoms with Gasteiger partial charge in [0.25, 0.3) is 0 Å². The zero-order valence-electron chi connectivity index (χ0n) is 12.3. The molecule has 3 rings (SSSR count). The number of hydrogen-bond acceptors (Lipinski definition) is 5. The molecule has 0 amide bonds. The number of carboxylic acid groups (broad SMARTS) is 1. The quantitative estimate of drug-likeness (QED) is 0.640. The molecule has 0 fully saturated rings. The van der Waals surface area contributed by atoms with Crippen molar-refractivity contribution >= 4 is 28.2 Å². The molecule has 0 radical (unpaired) electrons. The van der Waals surface area contributed by atoms with Crippen molar-refractivity contribution in [2.24, 2.45) is 0 Å². The van der Waals surface area contributed by atoms with Crippen molar-refractivity contribution in [1.82, 2.24) is 4.98 Å². The van der Waals surface area contributed by atoms with E-state index in [0.29, 0.717) is 28.0 Å². The van der Waals surface area contributed by atoms with E-state index in [4.69, 9.17) is 4.74 Å². The summed E-state index contributed by atoms with van der Waals surface area (Å²) in [4.78, 5) is 15.7. The van der Waals surface area contributed by atoms with Crippen molar-refractivity contribution in [2.45, 2.75) is 0 Å². The smallest absolute Gasteiger partial charge is 0.339 e. The monoisotopic (exact) mass is 310 g/mol. The Morgan fingerprint density at radius 2 is 1.91 bits per heavy atom. The van der Waals surface area contributed by atoms with Gasteiger partial charge in [0.1, 0.15) is 17.1 Å². The number of fused-ring (bicyclic) bond motifs is 1. The topological polar surface area (TPSA) is 91.7 Å². The summed E-state index contributed by atoms with van der Waals surface area (Å²) >= 11 is 0. The van der Waals surface area contributed by atoms with Gasteiger partial charge in [0.2, 0.25) is 0 Å². The van der Waals surface area contributed by atoms with E-state index in [-0.39, 0.29) is 11.3 Å². The third-order valence-electron chi connectivity index (χ3n) is 3.44. The average Bonchev–Trinajstić information content (AvgIpc) is 2.56. The number of ether oxygens (including phenoxy) is 1. The predicted octanol–water partition coefficient (Wildman–Crippen LogP) is 3.39. The van der Waals surface area contributed by atoms with E-state index in [1.54, 1.807) is 37.4 Å². The molecule has 0 atom stereocenters. The molecule has 1 aromatic heterocycles. The van der Waals surface area contributed by atoms with Gasteiger partial charge in [-0.05, 0) is 42.5 Å². The fourth-order valence-electron chi connectivity index (χ4n) is 2.28. The van der Waals surface area contributed by atoms with Crippen LogP contribution < -0.4 is 10.1 Å². The second kappa shape index (κ2) is 5.84. The zero-order valence-corrected chi connectivity index (χ0v) is 12.3. The molecule has 0 aliphatic heterocycles. The highest BCUT2D eigenvalue weighted by atomic mass is 16.5. The van der Waals surface area contributed by atoms with Crippen LogP contribution in [0.5, 0.6) is 11.5 Å². The van der Waals surface area contributed by atoms with Crippen LogP contribution in [0, 0.1) is 0 Å². The van der Waals surface area contributed by atoms with Gasteiger partial charge in [0.05, 0.1) is 18.3 Å².